The third kappa shape index (κ3) is 3.89. The maximum atomic E-state index is 12.7. The summed E-state index contributed by atoms with van der Waals surface area (Å²) >= 11 is 0. The molecule has 0 aliphatic carbocycles. The molecule has 0 saturated carbocycles. The molecule has 1 atom stereocenters. The number of rotatable bonds is 4. The number of carbonyl (C=O) groups is 1. The van der Waals surface area contributed by atoms with Crippen LogP contribution in [-0.2, 0) is 6.42 Å². The van der Waals surface area contributed by atoms with Crippen LogP contribution in [0.5, 0.6) is 5.75 Å². The summed E-state index contributed by atoms with van der Waals surface area (Å²) in [5, 5.41) is 0. The Labute approximate surface area is 137 Å². The van der Waals surface area contributed by atoms with Crippen LogP contribution in [-0.4, -0.2) is 36.0 Å². The maximum Gasteiger partial charge on any atom is 0.253 e. The van der Waals surface area contributed by atoms with Crippen molar-refractivity contribution >= 4 is 5.91 Å². The molecule has 1 amide bonds. The molecule has 0 bridgehead atoms. The first kappa shape index (κ1) is 15.5. The van der Waals surface area contributed by atoms with E-state index < -0.39 is 0 Å². The van der Waals surface area contributed by atoms with Gasteiger partial charge >= 0.3 is 0 Å². The smallest absolute Gasteiger partial charge is 0.253 e. The second kappa shape index (κ2) is 7.27. The van der Waals surface area contributed by atoms with E-state index in [1.165, 1.54) is 5.56 Å². The second-order valence-electron chi connectivity index (χ2n) is 6.06. The van der Waals surface area contributed by atoms with Gasteiger partial charge in [0, 0.05) is 31.0 Å². The summed E-state index contributed by atoms with van der Waals surface area (Å²) in [6, 6.07) is 11.5. The summed E-state index contributed by atoms with van der Waals surface area (Å²) in [5.74, 6) is 1.32. The van der Waals surface area contributed by atoms with E-state index in [1.54, 1.807) is 13.3 Å². The van der Waals surface area contributed by atoms with Gasteiger partial charge in [-0.25, -0.2) is 0 Å². The van der Waals surface area contributed by atoms with Crippen molar-refractivity contribution in [3.8, 4) is 5.75 Å². The lowest BCUT2D eigenvalue weighted by molar-refractivity contribution is 0.0673. The third-order valence-corrected chi connectivity index (χ3v) is 4.37. The van der Waals surface area contributed by atoms with Gasteiger partial charge in [0.15, 0.2) is 0 Å². The fourth-order valence-electron chi connectivity index (χ4n) is 3.21. The molecular weight excluding hydrogens is 288 g/mol. The number of carbonyl (C=O) groups excluding carboxylic acids is 1. The molecule has 3 rings (SSSR count). The SMILES string of the molecule is COc1cccc(C(=O)N2CCCC(Cc3cccnc3)C2)c1. The Bertz CT molecular complexity index is 657. The van der Waals surface area contributed by atoms with Crippen molar-refractivity contribution in [3.05, 3.63) is 59.9 Å². The quantitative estimate of drug-likeness (QED) is 0.871. The normalized spacial score (nSPS) is 17.8. The highest BCUT2D eigenvalue weighted by molar-refractivity contribution is 5.94. The number of methoxy groups -OCH3 is 1. The van der Waals surface area contributed by atoms with Crippen LogP contribution in [0.2, 0.25) is 0 Å². The molecule has 2 heterocycles. The van der Waals surface area contributed by atoms with Gasteiger partial charge in [0.2, 0.25) is 0 Å². The monoisotopic (exact) mass is 310 g/mol. The Kier molecular flexibility index (Phi) is 4.91. The molecule has 4 heteroatoms. The van der Waals surface area contributed by atoms with Gasteiger partial charge < -0.3 is 9.64 Å². The van der Waals surface area contributed by atoms with Crippen molar-refractivity contribution in [1.29, 1.82) is 0 Å². The van der Waals surface area contributed by atoms with Crippen molar-refractivity contribution in [2.45, 2.75) is 19.3 Å². The first-order valence-corrected chi connectivity index (χ1v) is 8.08. The van der Waals surface area contributed by atoms with Gasteiger partial charge in [-0.1, -0.05) is 12.1 Å². The molecule has 1 saturated heterocycles. The zero-order chi connectivity index (χ0) is 16.1. The van der Waals surface area contributed by atoms with Crippen LogP contribution in [0.15, 0.2) is 48.8 Å². The summed E-state index contributed by atoms with van der Waals surface area (Å²) in [4.78, 5) is 18.9. The van der Waals surface area contributed by atoms with Gasteiger partial charge in [0.1, 0.15) is 5.75 Å². The van der Waals surface area contributed by atoms with Gasteiger partial charge in [0.25, 0.3) is 5.91 Å². The molecule has 0 radical (unpaired) electrons. The lowest BCUT2D eigenvalue weighted by Gasteiger charge is -2.33. The molecule has 1 aromatic carbocycles. The fraction of sp³-hybridized carbons (Fsp3) is 0.368. The number of ether oxygens (including phenoxy) is 1. The number of benzene rings is 1. The number of aromatic nitrogens is 1. The summed E-state index contributed by atoms with van der Waals surface area (Å²) in [5.41, 5.74) is 1.94. The van der Waals surface area contributed by atoms with Crippen LogP contribution >= 0.6 is 0 Å². The fourth-order valence-corrected chi connectivity index (χ4v) is 3.21. The lowest BCUT2D eigenvalue weighted by atomic mass is 9.91. The number of hydrogen-bond donors (Lipinski definition) is 0. The summed E-state index contributed by atoms with van der Waals surface area (Å²) in [7, 11) is 1.62. The Morgan fingerprint density at radius 3 is 3.04 bits per heavy atom. The second-order valence-corrected chi connectivity index (χ2v) is 6.06. The first-order valence-electron chi connectivity index (χ1n) is 8.08. The lowest BCUT2D eigenvalue weighted by Crippen LogP contribution is -2.40. The number of amides is 1. The van der Waals surface area contributed by atoms with Gasteiger partial charge in [-0.2, -0.15) is 0 Å². The zero-order valence-electron chi connectivity index (χ0n) is 13.4. The minimum absolute atomic E-state index is 0.0970. The minimum atomic E-state index is 0.0970. The highest BCUT2D eigenvalue weighted by atomic mass is 16.5. The molecule has 1 fully saturated rings. The molecule has 1 aromatic heterocycles. The van der Waals surface area contributed by atoms with Crippen LogP contribution in [0.3, 0.4) is 0 Å². The largest absolute Gasteiger partial charge is 0.497 e. The first-order chi connectivity index (χ1) is 11.3. The molecule has 23 heavy (non-hydrogen) atoms. The van der Waals surface area contributed by atoms with Crippen LogP contribution in [0.1, 0.15) is 28.8 Å². The maximum absolute atomic E-state index is 12.7. The van der Waals surface area contributed by atoms with Gasteiger partial charge in [0.05, 0.1) is 7.11 Å². The average Bonchev–Trinajstić information content (AvgIpc) is 2.62. The van der Waals surface area contributed by atoms with Crippen molar-refractivity contribution in [2.24, 2.45) is 5.92 Å². The summed E-state index contributed by atoms with van der Waals surface area (Å²) in [6.45, 7) is 1.64. The van der Waals surface area contributed by atoms with Gasteiger partial charge in [-0.05, 0) is 55.0 Å². The number of likely N-dealkylation sites (tertiary alicyclic amines) is 1. The van der Waals surface area contributed by atoms with E-state index in [4.69, 9.17) is 4.74 Å². The van der Waals surface area contributed by atoms with Gasteiger partial charge in [-0.3, -0.25) is 9.78 Å². The van der Waals surface area contributed by atoms with Gasteiger partial charge in [-0.15, -0.1) is 0 Å². The number of piperidine rings is 1. The van der Waals surface area contributed by atoms with E-state index in [-0.39, 0.29) is 5.91 Å². The van der Waals surface area contributed by atoms with Crippen molar-refractivity contribution in [1.82, 2.24) is 9.88 Å². The zero-order valence-corrected chi connectivity index (χ0v) is 13.4. The van der Waals surface area contributed by atoms with E-state index in [0.717, 1.165) is 38.1 Å². The van der Waals surface area contributed by atoms with E-state index in [2.05, 4.69) is 11.1 Å². The highest BCUT2D eigenvalue weighted by Crippen LogP contribution is 2.23. The predicted molar refractivity (Wildman–Crippen MR) is 89.6 cm³/mol. The standard InChI is InChI=1S/C19H22N2O2/c1-23-18-8-2-7-17(12-18)19(22)21-10-4-6-16(14-21)11-15-5-3-9-20-13-15/h2-3,5,7-9,12-13,16H,4,6,10-11,14H2,1H3. The Balaban J connectivity index is 1.66. The molecule has 0 spiro atoms. The van der Waals surface area contributed by atoms with Crippen molar-refractivity contribution in [3.63, 3.8) is 0 Å². The van der Waals surface area contributed by atoms with Crippen molar-refractivity contribution < 1.29 is 9.53 Å². The predicted octanol–water partition coefficient (Wildman–Crippen LogP) is 3.19. The Morgan fingerprint density at radius 1 is 1.35 bits per heavy atom. The average molecular weight is 310 g/mol. The molecule has 0 N–H and O–H groups in total. The number of nitrogens with zero attached hydrogens (tertiary/aromatic N) is 2. The Hall–Kier alpha value is -2.36. The molecule has 4 nitrogen and oxygen atoms in total. The highest BCUT2D eigenvalue weighted by Gasteiger charge is 2.24. The summed E-state index contributed by atoms with van der Waals surface area (Å²) in [6.07, 6.45) is 6.92. The third-order valence-electron chi connectivity index (χ3n) is 4.37. The van der Waals surface area contributed by atoms with Crippen LogP contribution in [0.25, 0.3) is 0 Å². The van der Waals surface area contributed by atoms with Crippen molar-refractivity contribution in [2.75, 3.05) is 20.2 Å². The molecule has 1 aliphatic heterocycles. The summed E-state index contributed by atoms with van der Waals surface area (Å²) < 4.78 is 5.21. The van der Waals surface area contributed by atoms with Crippen LogP contribution in [0, 0.1) is 5.92 Å². The molecule has 120 valence electrons. The minimum Gasteiger partial charge on any atom is -0.497 e. The van der Waals surface area contributed by atoms with Crippen LogP contribution < -0.4 is 4.74 Å². The van der Waals surface area contributed by atoms with E-state index in [1.807, 2.05) is 41.4 Å². The molecular formula is C19H22N2O2. The molecule has 2 aromatic rings. The Morgan fingerprint density at radius 2 is 2.26 bits per heavy atom. The molecule has 1 unspecified atom stereocenters. The van der Waals surface area contributed by atoms with Crippen LogP contribution in [0.4, 0.5) is 0 Å². The van der Waals surface area contributed by atoms with E-state index in [9.17, 15) is 4.79 Å². The number of hydrogen-bond acceptors (Lipinski definition) is 3. The van der Waals surface area contributed by atoms with E-state index in [0.29, 0.717) is 11.5 Å². The van der Waals surface area contributed by atoms with E-state index >= 15 is 0 Å². The topological polar surface area (TPSA) is 42.4 Å². The molecule has 1 aliphatic rings. The number of pyridine rings is 1.